The smallest absolute Gasteiger partial charge is 0.332 e. The van der Waals surface area contributed by atoms with Gasteiger partial charge in [0.1, 0.15) is 11.5 Å². The van der Waals surface area contributed by atoms with E-state index in [4.69, 9.17) is 4.74 Å². The number of carbonyl (C=O) groups excluding carboxylic acids is 1. The van der Waals surface area contributed by atoms with Crippen LogP contribution in [0.15, 0.2) is 12.2 Å². The molecule has 1 atom stereocenters. The van der Waals surface area contributed by atoms with Gasteiger partial charge in [0.2, 0.25) is 0 Å². The number of rotatable bonds is 7. The molecule has 0 heterocycles. The molecule has 0 aromatic rings. The summed E-state index contributed by atoms with van der Waals surface area (Å²) in [5.41, 5.74) is -2.19. The molecule has 25 heavy (non-hydrogen) atoms. The Labute approximate surface area is 148 Å². The lowest BCUT2D eigenvalue weighted by molar-refractivity contribution is -0.165. The molecular formula is C19H28O6. The minimum atomic E-state index is -1.78. The fourth-order valence-electron chi connectivity index (χ4n) is 4.30. The summed E-state index contributed by atoms with van der Waals surface area (Å²) in [6.45, 7) is 3.53. The van der Waals surface area contributed by atoms with Crippen molar-refractivity contribution in [2.24, 2.45) is 11.3 Å². The predicted molar refractivity (Wildman–Crippen MR) is 91.0 cm³/mol. The number of aliphatic carboxylic acids is 2. The van der Waals surface area contributed by atoms with E-state index in [0.29, 0.717) is 12.8 Å². The average molecular weight is 352 g/mol. The maximum Gasteiger partial charge on any atom is 0.332 e. The Balaban J connectivity index is 2.22. The maximum atomic E-state index is 12.5. The molecule has 2 N–H and O–H groups in total. The molecule has 6 nitrogen and oxygen atoms in total. The van der Waals surface area contributed by atoms with Crippen molar-refractivity contribution in [1.82, 2.24) is 0 Å². The molecule has 2 saturated carbocycles. The van der Waals surface area contributed by atoms with Crippen molar-refractivity contribution in [3.05, 3.63) is 12.2 Å². The van der Waals surface area contributed by atoms with Gasteiger partial charge in [-0.1, -0.05) is 32.3 Å². The molecule has 0 aromatic carbocycles. The monoisotopic (exact) mass is 352 g/mol. The Morgan fingerprint density at radius 1 is 0.920 bits per heavy atom. The summed E-state index contributed by atoms with van der Waals surface area (Å²) >= 11 is 0. The Kier molecular flexibility index (Phi) is 6.62. The van der Waals surface area contributed by atoms with Crippen LogP contribution in [0, 0.1) is 11.3 Å². The topological polar surface area (TPSA) is 101 Å². The largest absolute Gasteiger partial charge is 0.481 e. The highest BCUT2D eigenvalue weighted by molar-refractivity contribution is 5.98. The highest BCUT2D eigenvalue weighted by Crippen LogP contribution is 2.46. The average Bonchev–Trinajstić information content (AvgIpc) is 2.60. The van der Waals surface area contributed by atoms with E-state index in [1.165, 1.54) is 0 Å². The number of ether oxygens (including phenoxy) is 1. The van der Waals surface area contributed by atoms with Crippen LogP contribution in [0.3, 0.4) is 0 Å². The van der Waals surface area contributed by atoms with Gasteiger partial charge in [-0.3, -0.25) is 9.59 Å². The third-order valence-electron chi connectivity index (χ3n) is 5.75. The van der Waals surface area contributed by atoms with Crippen LogP contribution in [-0.2, 0) is 19.1 Å². The second-order valence-electron chi connectivity index (χ2n) is 7.32. The van der Waals surface area contributed by atoms with Gasteiger partial charge >= 0.3 is 17.9 Å². The van der Waals surface area contributed by atoms with E-state index in [1.54, 1.807) is 0 Å². The molecule has 0 radical (unpaired) electrons. The lowest BCUT2D eigenvalue weighted by atomic mass is 9.63. The third-order valence-corrected chi connectivity index (χ3v) is 5.75. The van der Waals surface area contributed by atoms with Crippen molar-refractivity contribution in [1.29, 1.82) is 0 Å². The van der Waals surface area contributed by atoms with Crippen molar-refractivity contribution < 1.29 is 29.3 Å². The molecule has 140 valence electrons. The van der Waals surface area contributed by atoms with Gasteiger partial charge in [-0.25, -0.2) is 4.79 Å². The first-order valence-electron chi connectivity index (χ1n) is 9.23. The summed E-state index contributed by atoms with van der Waals surface area (Å²) in [6.07, 6.45) is 7.90. The first-order chi connectivity index (χ1) is 11.9. The number of hydrogen-bond acceptors (Lipinski definition) is 4. The van der Waals surface area contributed by atoms with E-state index >= 15 is 0 Å². The summed E-state index contributed by atoms with van der Waals surface area (Å²) < 4.78 is 5.48. The second kappa shape index (κ2) is 8.50. The lowest BCUT2D eigenvalue weighted by Crippen LogP contribution is -2.45. The quantitative estimate of drug-likeness (QED) is 0.537. The molecule has 2 aliphatic carbocycles. The molecule has 0 amide bonds. The van der Waals surface area contributed by atoms with Crippen LogP contribution in [-0.4, -0.2) is 34.2 Å². The van der Waals surface area contributed by atoms with Gasteiger partial charge in [0.05, 0.1) is 6.42 Å². The van der Waals surface area contributed by atoms with Crippen LogP contribution in [0.1, 0.15) is 70.6 Å². The lowest BCUT2D eigenvalue weighted by Gasteiger charge is -2.39. The summed E-state index contributed by atoms with van der Waals surface area (Å²) in [7, 11) is 0. The number of hydrogen-bond donors (Lipinski definition) is 2. The summed E-state index contributed by atoms with van der Waals surface area (Å²) in [5.74, 6) is -3.67. The van der Waals surface area contributed by atoms with E-state index in [9.17, 15) is 24.6 Å². The molecule has 0 bridgehead atoms. The zero-order chi connectivity index (χ0) is 18.4. The van der Waals surface area contributed by atoms with Gasteiger partial charge in [0.15, 0.2) is 0 Å². The van der Waals surface area contributed by atoms with E-state index in [0.717, 1.165) is 51.4 Å². The minimum Gasteiger partial charge on any atom is -0.481 e. The highest BCUT2D eigenvalue weighted by atomic mass is 16.5. The van der Waals surface area contributed by atoms with Gasteiger partial charge in [0, 0.05) is 5.57 Å². The standard InChI is InChI=1S/C19H28O6/c1-13(17(21)22)19(18(23)24,14-8-4-2-5-9-14)12-16(20)25-15-10-6-3-7-11-15/h14-15H,1-12H2,(H,21,22)(H,23,24). The predicted octanol–water partition coefficient (Wildman–Crippen LogP) is 3.54. The second-order valence-corrected chi connectivity index (χ2v) is 7.32. The molecule has 1 unspecified atom stereocenters. The third kappa shape index (κ3) is 4.41. The first kappa shape index (κ1) is 19.5. The van der Waals surface area contributed by atoms with Crippen LogP contribution >= 0.6 is 0 Å². The van der Waals surface area contributed by atoms with E-state index < -0.39 is 41.2 Å². The van der Waals surface area contributed by atoms with Gasteiger partial charge < -0.3 is 14.9 Å². The van der Waals surface area contributed by atoms with Crippen molar-refractivity contribution in [2.45, 2.75) is 76.7 Å². The highest BCUT2D eigenvalue weighted by Gasteiger charge is 2.52. The number of esters is 1. The summed E-state index contributed by atoms with van der Waals surface area (Å²) in [4.78, 5) is 36.2. The van der Waals surface area contributed by atoms with Gasteiger partial charge in [0.25, 0.3) is 0 Å². The summed E-state index contributed by atoms with van der Waals surface area (Å²) in [6, 6.07) is 0. The molecule has 0 spiro atoms. The van der Waals surface area contributed by atoms with Crippen molar-refractivity contribution in [3.63, 3.8) is 0 Å². The molecule has 0 saturated heterocycles. The van der Waals surface area contributed by atoms with Crippen LogP contribution < -0.4 is 0 Å². The number of carbonyl (C=O) groups is 3. The Bertz CT molecular complexity index is 528. The van der Waals surface area contributed by atoms with Crippen molar-refractivity contribution in [2.75, 3.05) is 0 Å². The van der Waals surface area contributed by atoms with Crippen molar-refractivity contribution in [3.8, 4) is 0 Å². The zero-order valence-corrected chi connectivity index (χ0v) is 14.7. The van der Waals surface area contributed by atoms with Gasteiger partial charge in [-0.2, -0.15) is 0 Å². The van der Waals surface area contributed by atoms with E-state index in [-0.39, 0.29) is 6.10 Å². The normalized spacial score (nSPS) is 21.9. The Morgan fingerprint density at radius 3 is 1.92 bits per heavy atom. The minimum absolute atomic E-state index is 0.183. The van der Waals surface area contributed by atoms with Gasteiger partial charge in [-0.05, 0) is 44.4 Å². The molecule has 2 fully saturated rings. The van der Waals surface area contributed by atoms with Crippen LogP contribution in [0.4, 0.5) is 0 Å². The summed E-state index contributed by atoms with van der Waals surface area (Å²) in [5, 5.41) is 19.3. The van der Waals surface area contributed by atoms with Crippen LogP contribution in [0.2, 0.25) is 0 Å². The number of carboxylic acid groups (broad SMARTS) is 2. The SMILES string of the molecule is C=C(C(=O)O)C(CC(=O)OC1CCCCC1)(C(=O)O)C1CCCCC1. The maximum absolute atomic E-state index is 12.5. The first-order valence-corrected chi connectivity index (χ1v) is 9.23. The van der Waals surface area contributed by atoms with Crippen LogP contribution in [0.25, 0.3) is 0 Å². The fourth-order valence-corrected chi connectivity index (χ4v) is 4.30. The van der Waals surface area contributed by atoms with E-state index in [2.05, 4.69) is 6.58 Å². The fraction of sp³-hybridized carbons (Fsp3) is 0.737. The van der Waals surface area contributed by atoms with Crippen molar-refractivity contribution >= 4 is 17.9 Å². The molecule has 2 rings (SSSR count). The molecule has 0 aromatic heterocycles. The molecule has 6 heteroatoms. The molecule has 2 aliphatic rings. The van der Waals surface area contributed by atoms with Gasteiger partial charge in [-0.15, -0.1) is 0 Å². The van der Waals surface area contributed by atoms with E-state index in [1.807, 2.05) is 0 Å². The molecular weight excluding hydrogens is 324 g/mol. The molecule has 0 aliphatic heterocycles. The van der Waals surface area contributed by atoms with Crippen LogP contribution in [0.5, 0.6) is 0 Å². The zero-order valence-electron chi connectivity index (χ0n) is 14.7. The Morgan fingerprint density at radius 2 is 1.44 bits per heavy atom. The number of carboxylic acids is 2. The Hall–Kier alpha value is -1.85.